The van der Waals surface area contributed by atoms with Gasteiger partial charge in [0.25, 0.3) is 5.56 Å². The zero-order chi connectivity index (χ0) is 9.26. The lowest BCUT2D eigenvalue weighted by Gasteiger charge is -1.97. The van der Waals surface area contributed by atoms with Gasteiger partial charge in [0, 0.05) is 24.2 Å². The van der Waals surface area contributed by atoms with E-state index in [1.54, 1.807) is 6.20 Å². The third-order valence-electron chi connectivity index (χ3n) is 1.63. The minimum Gasteiger partial charge on any atom is -0.294 e. The summed E-state index contributed by atoms with van der Waals surface area (Å²) in [5.74, 6) is 0.501. The average Bonchev–Trinajstić information content (AvgIpc) is 2.47. The summed E-state index contributed by atoms with van der Waals surface area (Å²) in [5, 5.41) is 2.86. The van der Waals surface area contributed by atoms with E-state index in [1.165, 1.54) is 23.1 Å². The summed E-state index contributed by atoms with van der Waals surface area (Å²) in [6, 6.07) is 1.51. The first-order valence-electron chi connectivity index (χ1n) is 3.82. The van der Waals surface area contributed by atoms with E-state index >= 15 is 0 Å². The zero-order valence-electron chi connectivity index (χ0n) is 7.06. The van der Waals surface area contributed by atoms with Crippen molar-refractivity contribution in [2.45, 2.75) is 6.92 Å². The summed E-state index contributed by atoms with van der Waals surface area (Å²) in [6.07, 6.45) is 4.62. The van der Waals surface area contributed by atoms with E-state index in [0.717, 1.165) is 5.69 Å². The van der Waals surface area contributed by atoms with Crippen LogP contribution in [0.4, 0.5) is 0 Å². The molecule has 0 bridgehead atoms. The van der Waals surface area contributed by atoms with Crippen molar-refractivity contribution in [3.63, 3.8) is 0 Å². The summed E-state index contributed by atoms with van der Waals surface area (Å²) < 4.78 is 1.35. The largest absolute Gasteiger partial charge is 0.294 e. The molecule has 2 rings (SSSR count). The molecule has 13 heavy (non-hydrogen) atoms. The molecule has 0 saturated heterocycles. The lowest BCUT2D eigenvalue weighted by molar-refractivity contribution is 0.800. The molecule has 0 aliphatic rings. The van der Waals surface area contributed by atoms with Crippen LogP contribution < -0.4 is 5.56 Å². The molecule has 0 fully saturated rings. The van der Waals surface area contributed by atoms with Gasteiger partial charge in [0.05, 0.1) is 6.20 Å². The van der Waals surface area contributed by atoms with E-state index in [2.05, 4.69) is 15.1 Å². The molecule has 0 unspecified atom stereocenters. The van der Waals surface area contributed by atoms with E-state index in [0.29, 0.717) is 5.82 Å². The number of hydrogen-bond acceptors (Lipinski definition) is 3. The molecule has 0 amide bonds. The monoisotopic (exact) mass is 176 g/mol. The molecule has 0 radical (unpaired) electrons. The van der Waals surface area contributed by atoms with Crippen LogP contribution in [-0.4, -0.2) is 19.7 Å². The van der Waals surface area contributed by atoms with E-state index in [-0.39, 0.29) is 5.56 Å². The lowest BCUT2D eigenvalue weighted by atomic mass is 10.5. The van der Waals surface area contributed by atoms with Crippen molar-refractivity contribution in [3.8, 4) is 5.82 Å². The Labute approximate surface area is 74.1 Å². The van der Waals surface area contributed by atoms with Gasteiger partial charge in [-0.3, -0.25) is 14.9 Å². The first-order valence-corrected chi connectivity index (χ1v) is 3.82. The summed E-state index contributed by atoms with van der Waals surface area (Å²) in [4.78, 5) is 19.2. The summed E-state index contributed by atoms with van der Waals surface area (Å²) in [6.45, 7) is 1.81. The van der Waals surface area contributed by atoms with Gasteiger partial charge in [-0.05, 0) is 6.92 Å². The molecule has 5 nitrogen and oxygen atoms in total. The number of rotatable bonds is 1. The van der Waals surface area contributed by atoms with Crippen molar-refractivity contribution in [3.05, 3.63) is 40.7 Å². The number of hydrogen-bond donors (Lipinski definition) is 1. The van der Waals surface area contributed by atoms with Crippen molar-refractivity contribution < 1.29 is 0 Å². The van der Waals surface area contributed by atoms with Crippen LogP contribution in [0.25, 0.3) is 5.82 Å². The zero-order valence-corrected chi connectivity index (χ0v) is 7.06. The van der Waals surface area contributed by atoms with Crippen molar-refractivity contribution in [1.29, 1.82) is 0 Å². The standard InChI is InChI=1S/C8H8N4O/c1-6-4-8(13)12(11-6)7-5-9-2-3-10-7/h2-5,11H,1H3. The SMILES string of the molecule is Cc1cc(=O)n(-c2cnccn2)[nH]1. The maximum atomic E-state index is 11.3. The summed E-state index contributed by atoms with van der Waals surface area (Å²) in [7, 11) is 0. The van der Waals surface area contributed by atoms with Crippen molar-refractivity contribution in [2.24, 2.45) is 0 Å². The Hall–Kier alpha value is -1.91. The number of H-pyrrole nitrogens is 1. The van der Waals surface area contributed by atoms with Crippen LogP contribution in [0.15, 0.2) is 29.5 Å². The van der Waals surface area contributed by atoms with Gasteiger partial charge in [-0.1, -0.05) is 0 Å². The fourth-order valence-electron chi connectivity index (χ4n) is 1.09. The van der Waals surface area contributed by atoms with Crippen molar-refractivity contribution in [2.75, 3.05) is 0 Å². The Morgan fingerprint density at radius 2 is 2.31 bits per heavy atom. The third kappa shape index (κ3) is 1.35. The summed E-state index contributed by atoms with van der Waals surface area (Å²) >= 11 is 0. The highest BCUT2D eigenvalue weighted by Crippen LogP contribution is 1.95. The Morgan fingerprint density at radius 1 is 1.46 bits per heavy atom. The van der Waals surface area contributed by atoms with Crippen LogP contribution in [0.1, 0.15) is 5.69 Å². The molecule has 0 aliphatic carbocycles. The fraction of sp³-hybridized carbons (Fsp3) is 0.125. The number of nitrogens with zero attached hydrogens (tertiary/aromatic N) is 3. The van der Waals surface area contributed by atoms with Crippen LogP contribution in [0.5, 0.6) is 0 Å². The number of aromatic amines is 1. The normalized spacial score (nSPS) is 10.2. The first-order chi connectivity index (χ1) is 6.27. The Morgan fingerprint density at radius 3 is 2.85 bits per heavy atom. The van der Waals surface area contributed by atoms with E-state index in [4.69, 9.17) is 0 Å². The molecule has 0 aromatic carbocycles. The van der Waals surface area contributed by atoms with Gasteiger partial charge in [-0.15, -0.1) is 0 Å². The van der Waals surface area contributed by atoms with Crippen LogP contribution in [-0.2, 0) is 0 Å². The highest BCUT2D eigenvalue weighted by atomic mass is 16.1. The Balaban J connectivity index is 2.59. The predicted molar refractivity (Wildman–Crippen MR) is 46.7 cm³/mol. The number of aromatic nitrogens is 4. The van der Waals surface area contributed by atoms with Gasteiger partial charge in [-0.2, -0.15) is 4.68 Å². The van der Waals surface area contributed by atoms with E-state index in [1.807, 2.05) is 6.92 Å². The number of nitrogens with one attached hydrogen (secondary N) is 1. The lowest BCUT2D eigenvalue weighted by Crippen LogP contribution is -2.14. The number of aryl methyl sites for hydroxylation is 1. The molecular formula is C8H8N4O. The second-order valence-corrected chi connectivity index (χ2v) is 2.68. The molecule has 2 aromatic heterocycles. The second kappa shape index (κ2) is 2.85. The molecule has 2 aromatic rings. The van der Waals surface area contributed by atoms with Crippen LogP contribution in [0.3, 0.4) is 0 Å². The molecule has 0 atom stereocenters. The fourth-order valence-corrected chi connectivity index (χ4v) is 1.09. The van der Waals surface area contributed by atoms with Gasteiger partial charge >= 0.3 is 0 Å². The highest BCUT2D eigenvalue weighted by molar-refractivity contribution is 5.16. The minimum absolute atomic E-state index is 0.127. The second-order valence-electron chi connectivity index (χ2n) is 2.68. The molecule has 5 heteroatoms. The average molecular weight is 176 g/mol. The highest BCUT2D eigenvalue weighted by Gasteiger charge is 2.01. The quantitative estimate of drug-likeness (QED) is 0.678. The molecule has 1 N–H and O–H groups in total. The van der Waals surface area contributed by atoms with Gasteiger partial charge in [0.15, 0.2) is 5.82 Å². The maximum Gasteiger partial charge on any atom is 0.272 e. The molecule has 2 heterocycles. The van der Waals surface area contributed by atoms with Crippen LogP contribution in [0, 0.1) is 6.92 Å². The topological polar surface area (TPSA) is 63.6 Å². The summed E-state index contributed by atoms with van der Waals surface area (Å²) in [5.41, 5.74) is 0.675. The van der Waals surface area contributed by atoms with Gasteiger partial charge in [0.1, 0.15) is 0 Å². The smallest absolute Gasteiger partial charge is 0.272 e. The van der Waals surface area contributed by atoms with Gasteiger partial charge in [0.2, 0.25) is 0 Å². The predicted octanol–water partition coefficient (Wildman–Crippen LogP) is 0.264. The minimum atomic E-state index is -0.127. The van der Waals surface area contributed by atoms with Gasteiger partial charge in [-0.25, -0.2) is 4.98 Å². The molecule has 0 saturated carbocycles. The Bertz CT molecular complexity index is 456. The molecule has 0 aliphatic heterocycles. The van der Waals surface area contributed by atoms with Crippen LogP contribution >= 0.6 is 0 Å². The van der Waals surface area contributed by atoms with Crippen LogP contribution in [0.2, 0.25) is 0 Å². The molecule has 0 spiro atoms. The first kappa shape index (κ1) is 7.72. The van der Waals surface area contributed by atoms with E-state index < -0.39 is 0 Å². The Kier molecular flexibility index (Phi) is 1.70. The van der Waals surface area contributed by atoms with Crippen molar-refractivity contribution >= 4 is 0 Å². The van der Waals surface area contributed by atoms with E-state index in [9.17, 15) is 4.79 Å². The van der Waals surface area contributed by atoms with Crippen molar-refractivity contribution in [1.82, 2.24) is 19.7 Å². The molecular weight excluding hydrogens is 168 g/mol. The molecule has 66 valence electrons. The third-order valence-corrected chi connectivity index (χ3v) is 1.63. The van der Waals surface area contributed by atoms with Gasteiger partial charge < -0.3 is 0 Å². The maximum absolute atomic E-state index is 11.3.